The lowest BCUT2D eigenvalue weighted by Crippen LogP contribution is -2.33. The summed E-state index contributed by atoms with van der Waals surface area (Å²) in [6.45, 7) is 5.41. The van der Waals surface area contributed by atoms with Crippen LogP contribution >= 0.6 is 0 Å². The number of aromatic amines is 1. The van der Waals surface area contributed by atoms with Crippen molar-refractivity contribution in [1.29, 1.82) is 0 Å². The summed E-state index contributed by atoms with van der Waals surface area (Å²) in [6.07, 6.45) is 2.01. The number of rotatable bonds is 5. The van der Waals surface area contributed by atoms with E-state index in [2.05, 4.69) is 11.9 Å². The second-order valence-electron chi connectivity index (χ2n) is 4.84. The zero-order chi connectivity index (χ0) is 14.5. The first kappa shape index (κ1) is 14.3. The van der Waals surface area contributed by atoms with Crippen molar-refractivity contribution < 1.29 is 4.79 Å². The fourth-order valence-electron chi connectivity index (χ4n) is 2.25. The van der Waals surface area contributed by atoms with Gasteiger partial charge in [-0.2, -0.15) is 0 Å². The van der Waals surface area contributed by atoms with Crippen LogP contribution in [0.3, 0.4) is 0 Å². The minimum Gasteiger partial charge on any atom is -0.338 e. The number of aromatic nitrogens is 1. The van der Waals surface area contributed by atoms with Crippen LogP contribution < -0.4 is 5.56 Å². The molecule has 0 atom stereocenters. The van der Waals surface area contributed by atoms with Crippen LogP contribution in [-0.4, -0.2) is 28.9 Å². The van der Waals surface area contributed by atoms with E-state index in [4.69, 9.17) is 0 Å². The lowest BCUT2D eigenvalue weighted by molar-refractivity contribution is 0.0756. The van der Waals surface area contributed by atoms with Gasteiger partial charge in [0.15, 0.2) is 0 Å². The monoisotopic (exact) mass is 272 g/mol. The highest BCUT2D eigenvalue weighted by Gasteiger charge is 2.15. The molecule has 1 heterocycles. The predicted octanol–water partition coefficient (Wildman–Crippen LogP) is 2.79. The molecule has 0 aliphatic carbocycles. The average Bonchev–Trinajstić information content (AvgIpc) is 2.47. The summed E-state index contributed by atoms with van der Waals surface area (Å²) in [5, 5.41) is 1.41. The molecule has 20 heavy (non-hydrogen) atoms. The fraction of sp³-hybridized carbons (Fsp3) is 0.375. The zero-order valence-electron chi connectivity index (χ0n) is 12.0. The van der Waals surface area contributed by atoms with Gasteiger partial charge in [-0.05, 0) is 30.9 Å². The van der Waals surface area contributed by atoms with Gasteiger partial charge in [-0.1, -0.05) is 31.5 Å². The molecule has 1 aromatic carbocycles. The van der Waals surface area contributed by atoms with Crippen LogP contribution in [0, 0.1) is 0 Å². The molecular formula is C16H20N2O2. The van der Waals surface area contributed by atoms with Crippen molar-refractivity contribution in [1.82, 2.24) is 9.88 Å². The molecule has 0 unspecified atom stereocenters. The van der Waals surface area contributed by atoms with E-state index >= 15 is 0 Å². The number of carbonyl (C=O) groups excluding carboxylic acids is 1. The molecule has 4 heteroatoms. The van der Waals surface area contributed by atoms with Gasteiger partial charge in [0.1, 0.15) is 5.69 Å². The van der Waals surface area contributed by atoms with Crippen molar-refractivity contribution in [3.05, 3.63) is 46.4 Å². The van der Waals surface area contributed by atoms with E-state index < -0.39 is 0 Å². The van der Waals surface area contributed by atoms with Gasteiger partial charge in [-0.25, -0.2) is 0 Å². The number of carbonyl (C=O) groups is 1. The molecule has 2 rings (SSSR count). The van der Waals surface area contributed by atoms with Gasteiger partial charge in [0, 0.05) is 18.5 Å². The molecule has 0 fully saturated rings. The van der Waals surface area contributed by atoms with Crippen LogP contribution in [0.4, 0.5) is 0 Å². The molecule has 4 nitrogen and oxygen atoms in total. The highest BCUT2D eigenvalue weighted by molar-refractivity contribution is 5.96. The third-order valence-electron chi connectivity index (χ3n) is 3.43. The highest BCUT2D eigenvalue weighted by Crippen LogP contribution is 2.11. The average molecular weight is 272 g/mol. The predicted molar refractivity (Wildman–Crippen MR) is 81.1 cm³/mol. The standard InChI is InChI=1S/C16H20N2O2/c1-3-5-10-18(4-2)16(20)14-11-12-8-6-7-9-13(12)15(19)17-14/h6-9,11H,3-5,10H2,1-2H3,(H,17,19). The third kappa shape index (κ3) is 2.90. The number of nitrogens with zero attached hydrogens (tertiary/aromatic N) is 1. The summed E-state index contributed by atoms with van der Waals surface area (Å²) in [6, 6.07) is 9.05. The quantitative estimate of drug-likeness (QED) is 0.910. The Morgan fingerprint density at radius 2 is 2.00 bits per heavy atom. The van der Waals surface area contributed by atoms with Crippen LogP contribution in [0.2, 0.25) is 0 Å². The van der Waals surface area contributed by atoms with E-state index in [1.165, 1.54) is 0 Å². The molecule has 0 aliphatic rings. The third-order valence-corrected chi connectivity index (χ3v) is 3.43. The van der Waals surface area contributed by atoms with Crippen LogP contribution in [0.1, 0.15) is 37.2 Å². The van der Waals surface area contributed by atoms with Gasteiger partial charge >= 0.3 is 0 Å². The summed E-state index contributed by atoms with van der Waals surface area (Å²) < 4.78 is 0. The second kappa shape index (κ2) is 6.37. The first-order valence-electron chi connectivity index (χ1n) is 7.08. The summed E-state index contributed by atoms with van der Waals surface area (Å²) >= 11 is 0. The highest BCUT2D eigenvalue weighted by atomic mass is 16.2. The molecule has 2 aromatic rings. The Bertz CT molecular complexity index is 661. The molecule has 0 spiro atoms. The van der Waals surface area contributed by atoms with Crippen molar-refractivity contribution in [2.75, 3.05) is 13.1 Å². The number of amides is 1. The van der Waals surface area contributed by atoms with Crippen molar-refractivity contribution >= 4 is 16.7 Å². The Kier molecular flexibility index (Phi) is 4.56. The normalized spacial score (nSPS) is 10.7. The molecule has 0 aliphatic heterocycles. The van der Waals surface area contributed by atoms with Crippen molar-refractivity contribution in [2.24, 2.45) is 0 Å². The first-order valence-corrected chi connectivity index (χ1v) is 7.08. The number of pyridine rings is 1. The molecule has 1 aromatic heterocycles. The van der Waals surface area contributed by atoms with E-state index in [1.807, 2.05) is 25.1 Å². The molecule has 1 amide bonds. The maximum atomic E-state index is 12.4. The Morgan fingerprint density at radius 3 is 2.70 bits per heavy atom. The molecule has 0 saturated carbocycles. The van der Waals surface area contributed by atoms with E-state index in [1.54, 1.807) is 17.0 Å². The molecule has 0 bridgehead atoms. The number of fused-ring (bicyclic) bond motifs is 1. The largest absolute Gasteiger partial charge is 0.338 e. The number of H-pyrrole nitrogens is 1. The number of hydrogen-bond donors (Lipinski definition) is 1. The van der Waals surface area contributed by atoms with Gasteiger partial charge in [0.2, 0.25) is 0 Å². The van der Waals surface area contributed by atoms with Crippen LogP contribution in [0.5, 0.6) is 0 Å². The molecule has 106 valence electrons. The Morgan fingerprint density at radius 1 is 1.25 bits per heavy atom. The van der Waals surface area contributed by atoms with Gasteiger partial charge in [0.25, 0.3) is 11.5 Å². The van der Waals surface area contributed by atoms with Crippen molar-refractivity contribution in [3.8, 4) is 0 Å². The topological polar surface area (TPSA) is 53.2 Å². The Hall–Kier alpha value is -2.10. The Labute approximate surface area is 118 Å². The molecule has 1 N–H and O–H groups in total. The van der Waals surface area contributed by atoms with E-state index in [-0.39, 0.29) is 11.5 Å². The maximum Gasteiger partial charge on any atom is 0.270 e. The minimum atomic E-state index is -0.210. The van der Waals surface area contributed by atoms with Crippen LogP contribution in [0.25, 0.3) is 10.8 Å². The van der Waals surface area contributed by atoms with Gasteiger partial charge in [-0.3, -0.25) is 9.59 Å². The van der Waals surface area contributed by atoms with Gasteiger partial charge in [-0.15, -0.1) is 0 Å². The molecule has 0 radical (unpaired) electrons. The van der Waals surface area contributed by atoms with Gasteiger partial charge < -0.3 is 9.88 Å². The summed E-state index contributed by atoms with van der Waals surface area (Å²) in [4.78, 5) is 28.9. The number of hydrogen-bond acceptors (Lipinski definition) is 2. The number of unbranched alkanes of at least 4 members (excludes halogenated alkanes) is 1. The fourth-order valence-corrected chi connectivity index (χ4v) is 2.25. The minimum absolute atomic E-state index is 0.108. The second-order valence-corrected chi connectivity index (χ2v) is 4.84. The number of benzene rings is 1. The first-order chi connectivity index (χ1) is 9.67. The van der Waals surface area contributed by atoms with E-state index in [9.17, 15) is 9.59 Å². The lowest BCUT2D eigenvalue weighted by Gasteiger charge is -2.20. The zero-order valence-corrected chi connectivity index (χ0v) is 12.0. The van der Waals surface area contributed by atoms with Crippen LogP contribution in [-0.2, 0) is 0 Å². The summed E-state index contributed by atoms with van der Waals surface area (Å²) in [5.41, 5.74) is 0.157. The van der Waals surface area contributed by atoms with Crippen molar-refractivity contribution in [2.45, 2.75) is 26.7 Å². The molecule has 0 saturated heterocycles. The molecular weight excluding hydrogens is 252 g/mol. The van der Waals surface area contributed by atoms with Gasteiger partial charge in [0.05, 0.1) is 0 Å². The van der Waals surface area contributed by atoms with Crippen LogP contribution in [0.15, 0.2) is 35.1 Å². The van der Waals surface area contributed by atoms with Crippen molar-refractivity contribution in [3.63, 3.8) is 0 Å². The maximum absolute atomic E-state index is 12.4. The summed E-state index contributed by atoms with van der Waals surface area (Å²) in [5.74, 6) is -0.108. The summed E-state index contributed by atoms with van der Waals surface area (Å²) in [7, 11) is 0. The smallest absolute Gasteiger partial charge is 0.270 e. The Balaban J connectivity index is 2.37. The lowest BCUT2D eigenvalue weighted by atomic mass is 10.1. The van der Waals surface area contributed by atoms with E-state index in [0.717, 1.165) is 24.8 Å². The van der Waals surface area contributed by atoms with E-state index in [0.29, 0.717) is 17.6 Å². The SMILES string of the molecule is CCCCN(CC)C(=O)c1cc2ccccc2c(=O)[nH]1. The number of nitrogens with one attached hydrogen (secondary N) is 1.